The SMILES string of the molecule is Cc1ccn2c(C(=O)O)c(-c3ccccc3)nc2c1. The van der Waals surface area contributed by atoms with Gasteiger partial charge in [-0.2, -0.15) is 0 Å². The van der Waals surface area contributed by atoms with E-state index in [-0.39, 0.29) is 5.69 Å². The maximum absolute atomic E-state index is 11.5. The molecule has 3 rings (SSSR count). The van der Waals surface area contributed by atoms with Crippen LogP contribution in [0.5, 0.6) is 0 Å². The Bertz CT molecular complexity index is 760. The summed E-state index contributed by atoms with van der Waals surface area (Å²) in [5.74, 6) is -0.977. The summed E-state index contributed by atoms with van der Waals surface area (Å²) in [5, 5.41) is 9.42. The van der Waals surface area contributed by atoms with Gasteiger partial charge in [-0.3, -0.25) is 4.40 Å². The number of imidazole rings is 1. The molecular formula is C15H12N2O2. The van der Waals surface area contributed by atoms with Crippen LogP contribution in [-0.2, 0) is 0 Å². The Hall–Kier alpha value is -2.62. The fourth-order valence-corrected chi connectivity index (χ4v) is 2.15. The quantitative estimate of drug-likeness (QED) is 0.762. The van der Waals surface area contributed by atoms with Crippen molar-refractivity contribution < 1.29 is 9.90 Å². The van der Waals surface area contributed by atoms with Crippen LogP contribution in [0.4, 0.5) is 0 Å². The van der Waals surface area contributed by atoms with Crippen molar-refractivity contribution in [2.24, 2.45) is 0 Å². The molecule has 1 aromatic carbocycles. The van der Waals surface area contributed by atoms with E-state index in [2.05, 4.69) is 4.98 Å². The minimum atomic E-state index is -0.977. The Labute approximate surface area is 110 Å². The first kappa shape index (κ1) is 11.5. The molecule has 2 aromatic heterocycles. The number of pyridine rings is 1. The number of carboxylic acid groups (broad SMARTS) is 1. The van der Waals surface area contributed by atoms with Crippen molar-refractivity contribution in [1.82, 2.24) is 9.38 Å². The zero-order chi connectivity index (χ0) is 13.4. The second-order valence-corrected chi connectivity index (χ2v) is 4.41. The van der Waals surface area contributed by atoms with Gasteiger partial charge in [0.25, 0.3) is 0 Å². The van der Waals surface area contributed by atoms with Gasteiger partial charge in [0.05, 0.1) is 0 Å². The standard InChI is InChI=1S/C15H12N2O2/c1-10-7-8-17-12(9-10)16-13(14(17)15(18)19)11-5-3-2-4-6-11/h2-9H,1H3,(H,18,19). The van der Waals surface area contributed by atoms with Gasteiger partial charge in [-0.1, -0.05) is 30.3 Å². The molecule has 4 heteroatoms. The van der Waals surface area contributed by atoms with Gasteiger partial charge >= 0.3 is 5.97 Å². The molecule has 19 heavy (non-hydrogen) atoms. The van der Waals surface area contributed by atoms with E-state index in [0.717, 1.165) is 11.1 Å². The lowest BCUT2D eigenvalue weighted by Gasteiger charge is -2.00. The normalized spacial score (nSPS) is 10.8. The van der Waals surface area contributed by atoms with E-state index < -0.39 is 5.97 Å². The van der Waals surface area contributed by atoms with E-state index in [0.29, 0.717) is 11.3 Å². The van der Waals surface area contributed by atoms with Gasteiger partial charge < -0.3 is 5.11 Å². The minimum absolute atomic E-state index is 0.196. The smallest absolute Gasteiger partial charge is 0.355 e. The molecule has 4 nitrogen and oxygen atoms in total. The van der Waals surface area contributed by atoms with Crippen molar-refractivity contribution in [3.63, 3.8) is 0 Å². The van der Waals surface area contributed by atoms with E-state index >= 15 is 0 Å². The van der Waals surface area contributed by atoms with Gasteiger partial charge in [-0.25, -0.2) is 9.78 Å². The van der Waals surface area contributed by atoms with Crippen LogP contribution in [0.2, 0.25) is 0 Å². The van der Waals surface area contributed by atoms with Crippen molar-refractivity contribution in [2.75, 3.05) is 0 Å². The summed E-state index contributed by atoms with van der Waals surface area (Å²) in [7, 11) is 0. The number of rotatable bonds is 2. The van der Waals surface area contributed by atoms with Crippen LogP contribution in [0.25, 0.3) is 16.9 Å². The van der Waals surface area contributed by atoms with E-state index in [4.69, 9.17) is 0 Å². The maximum Gasteiger partial charge on any atom is 0.355 e. The van der Waals surface area contributed by atoms with Gasteiger partial charge in [-0.15, -0.1) is 0 Å². The first-order chi connectivity index (χ1) is 9.16. The summed E-state index contributed by atoms with van der Waals surface area (Å²) in [4.78, 5) is 15.9. The number of aromatic nitrogens is 2. The zero-order valence-electron chi connectivity index (χ0n) is 10.4. The Balaban J connectivity index is 2.35. The molecule has 1 N–H and O–H groups in total. The molecule has 0 saturated heterocycles. The Kier molecular flexibility index (Phi) is 2.56. The highest BCUT2D eigenvalue weighted by molar-refractivity contribution is 5.94. The monoisotopic (exact) mass is 252 g/mol. The van der Waals surface area contributed by atoms with Crippen molar-refractivity contribution in [2.45, 2.75) is 6.92 Å². The number of benzene rings is 1. The second kappa shape index (κ2) is 4.24. The molecule has 0 atom stereocenters. The molecule has 0 radical (unpaired) electrons. The molecule has 0 fully saturated rings. The molecule has 0 unspecified atom stereocenters. The predicted molar refractivity (Wildman–Crippen MR) is 72.3 cm³/mol. The molecule has 0 aliphatic rings. The zero-order valence-corrected chi connectivity index (χ0v) is 10.4. The van der Waals surface area contributed by atoms with E-state index in [1.165, 1.54) is 0 Å². The number of fused-ring (bicyclic) bond motifs is 1. The summed E-state index contributed by atoms with van der Waals surface area (Å²) in [6.07, 6.45) is 1.74. The first-order valence-corrected chi connectivity index (χ1v) is 5.94. The Morgan fingerprint density at radius 3 is 2.63 bits per heavy atom. The van der Waals surface area contributed by atoms with Crippen LogP contribution >= 0.6 is 0 Å². The van der Waals surface area contributed by atoms with Crippen molar-refractivity contribution >= 4 is 11.6 Å². The summed E-state index contributed by atoms with van der Waals surface area (Å²) in [5.41, 5.74) is 3.20. The fourth-order valence-electron chi connectivity index (χ4n) is 2.15. The summed E-state index contributed by atoms with van der Waals surface area (Å²) < 4.78 is 1.61. The molecule has 0 aliphatic heterocycles. The van der Waals surface area contributed by atoms with E-state index in [1.807, 2.05) is 49.4 Å². The molecular weight excluding hydrogens is 240 g/mol. The van der Waals surface area contributed by atoms with Gasteiger partial charge in [0.15, 0.2) is 5.69 Å². The van der Waals surface area contributed by atoms with Crippen LogP contribution in [0.1, 0.15) is 16.1 Å². The number of hydrogen-bond donors (Lipinski definition) is 1. The maximum atomic E-state index is 11.5. The lowest BCUT2D eigenvalue weighted by Crippen LogP contribution is -2.03. The number of hydrogen-bond acceptors (Lipinski definition) is 2. The first-order valence-electron chi connectivity index (χ1n) is 5.94. The van der Waals surface area contributed by atoms with Gasteiger partial charge in [-0.05, 0) is 24.6 Å². The number of aryl methyl sites for hydroxylation is 1. The van der Waals surface area contributed by atoms with Crippen molar-refractivity contribution in [3.8, 4) is 11.3 Å². The molecule has 0 spiro atoms. The number of carbonyl (C=O) groups is 1. The molecule has 94 valence electrons. The molecule has 0 aliphatic carbocycles. The Morgan fingerprint density at radius 1 is 1.21 bits per heavy atom. The largest absolute Gasteiger partial charge is 0.476 e. The highest BCUT2D eigenvalue weighted by Crippen LogP contribution is 2.24. The number of nitrogens with zero attached hydrogens (tertiary/aromatic N) is 2. The average Bonchev–Trinajstić information content (AvgIpc) is 2.78. The molecule has 0 bridgehead atoms. The van der Waals surface area contributed by atoms with Crippen LogP contribution in [0, 0.1) is 6.92 Å². The summed E-state index contributed by atoms with van der Waals surface area (Å²) >= 11 is 0. The van der Waals surface area contributed by atoms with E-state index in [9.17, 15) is 9.90 Å². The number of aromatic carboxylic acids is 1. The number of carboxylic acids is 1. The lowest BCUT2D eigenvalue weighted by molar-refractivity contribution is 0.0690. The van der Waals surface area contributed by atoms with Gasteiger partial charge in [0, 0.05) is 11.8 Å². The Morgan fingerprint density at radius 2 is 1.95 bits per heavy atom. The predicted octanol–water partition coefficient (Wildman–Crippen LogP) is 3.01. The van der Waals surface area contributed by atoms with Crippen LogP contribution < -0.4 is 0 Å². The average molecular weight is 252 g/mol. The third-order valence-electron chi connectivity index (χ3n) is 3.03. The summed E-state index contributed by atoms with van der Waals surface area (Å²) in [6.45, 7) is 1.96. The lowest BCUT2D eigenvalue weighted by atomic mass is 10.1. The highest BCUT2D eigenvalue weighted by atomic mass is 16.4. The molecule has 0 amide bonds. The highest BCUT2D eigenvalue weighted by Gasteiger charge is 2.19. The van der Waals surface area contributed by atoms with Crippen molar-refractivity contribution in [3.05, 3.63) is 59.9 Å². The third-order valence-corrected chi connectivity index (χ3v) is 3.03. The second-order valence-electron chi connectivity index (χ2n) is 4.41. The van der Waals surface area contributed by atoms with Gasteiger partial charge in [0.2, 0.25) is 0 Å². The van der Waals surface area contributed by atoms with Crippen molar-refractivity contribution in [1.29, 1.82) is 0 Å². The van der Waals surface area contributed by atoms with E-state index in [1.54, 1.807) is 10.6 Å². The van der Waals surface area contributed by atoms with Gasteiger partial charge in [0.1, 0.15) is 11.3 Å². The molecule has 2 heterocycles. The van der Waals surface area contributed by atoms with Crippen LogP contribution in [0.15, 0.2) is 48.7 Å². The molecule has 0 saturated carbocycles. The topological polar surface area (TPSA) is 54.6 Å². The summed E-state index contributed by atoms with van der Waals surface area (Å²) in [6, 6.07) is 13.1. The van der Waals surface area contributed by atoms with Crippen LogP contribution in [0.3, 0.4) is 0 Å². The minimum Gasteiger partial charge on any atom is -0.476 e. The third kappa shape index (κ3) is 1.87. The molecule has 3 aromatic rings. The van der Waals surface area contributed by atoms with Crippen LogP contribution in [-0.4, -0.2) is 20.5 Å². The fraction of sp³-hybridized carbons (Fsp3) is 0.0667.